The molecule has 0 amide bonds. The summed E-state index contributed by atoms with van der Waals surface area (Å²) in [6, 6.07) is 2.78. The molecule has 9 heteroatoms. The summed E-state index contributed by atoms with van der Waals surface area (Å²) in [6.07, 6.45) is -5.89. The van der Waals surface area contributed by atoms with Crippen molar-refractivity contribution in [2.75, 3.05) is 6.54 Å². The molecule has 2 rings (SSSR count). The summed E-state index contributed by atoms with van der Waals surface area (Å²) in [4.78, 5) is 3.75. The third-order valence-electron chi connectivity index (χ3n) is 2.51. The van der Waals surface area contributed by atoms with Gasteiger partial charge in [-0.3, -0.25) is 0 Å². The molecular weight excluding hydrogens is 279 g/mol. The standard InChI is InChI=1S/C11H10F3N3O3/c12-11(13,14)6-3-5(1-2-7(6)18)9-16-10(20-17-9)8(19)4-15/h1-3,8,18-19H,4,15H2. The molecule has 6 nitrogen and oxygen atoms in total. The Morgan fingerprint density at radius 3 is 2.65 bits per heavy atom. The van der Waals surface area contributed by atoms with E-state index < -0.39 is 23.6 Å². The van der Waals surface area contributed by atoms with E-state index in [0.717, 1.165) is 6.07 Å². The first-order chi connectivity index (χ1) is 9.32. The predicted octanol–water partition coefficient (Wildman–Crippen LogP) is 1.45. The molecule has 0 spiro atoms. The van der Waals surface area contributed by atoms with Crippen molar-refractivity contribution >= 4 is 0 Å². The first-order valence-electron chi connectivity index (χ1n) is 5.45. The smallest absolute Gasteiger partial charge is 0.419 e. The molecule has 108 valence electrons. The van der Waals surface area contributed by atoms with Crippen LogP contribution in [0, 0.1) is 0 Å². The number of nitrogens with two attached hydrogens (primary N) is 1. The van der Waals surface area contributed by atoms with Crippen LogP contribution in [0.1, 0.15) is 17.6 Å². The molecule has 4 N–H and O–H groups in total. The van der Waals surface area contributed by atoms with Crippen molar-refractivity contribution in [3.8, 4) is 17.1 Å². The van der Waals surface area contributed by atoms with E-state index in [-0.39, 0.29) is 23.8 Å². The number of rotatable bonds is 3. The highest BCUT2D eigenvalue weighted by atomic mass is 19.4. The van der Waals surface area contributed by atoms with E-state index in [4.69, 9.17) is 10.3 Å². The number of hydrogen-bond acceptors (Lipinski definition) is 6. The second kappa shape index (κ2) is 5.10. The normalized spacial score (nSPS) is 13.4. The van der Waals surface area contributed by atoms with Crippen LogP contribution < -0.4 is 5.73 Å². The minimum absolute atomic E-state index is 0.00523. The van der Waals surface area contributed by atoms with Crippen molar-refractivity contribution in [2.45, 2.75) is 12.3 Å². The van der Waals surface area contributed by atoms with E-state index in [2.05, 4.69) is 10.1 Å². The number of nitrogens with zero attached hydrogens (tertiary/aromatic N) is 2. The number of benzene rings is 1. The first kappa shape index (κ1) is 14.3. The Morgan fingerprint density at radius 2 is 2.05 bits per heavy atom. The van der Waals surface area contributed by atoms with Gasteiger partial charge in [0.1, 0.15) is 11.9 Å². The predicted molar refractivity (Wildman–Crippen MR) is 60.4 cm³/mol. The third kappa shape index (κ3) is 2.73. The van der Waals surface area contributed by atoms with Gasteiger partial charge in [0, 0.05) is 12.1 Å². The van der Waals surface area contributed by atoms with Gasteiger partial charge in [0.05, 0.1) is 5.56 Å². The number of halogens is 3. The van der Waals surface area contributed by atoms with Gasteiger partial charge in [-0.05, 0) is 18.2 Å². The lowest BCUT2D eigenvalue weighted by molar-refractivity contribution is -0.138. The molecular formula is C11H10F3N3O3. The molecule has 20 heavy (non-hydrogen) atoms. The van der Waals surface area contributed by atoms with Gasteiger partial charge >= 0.3 is 6.18 Å². The molecule has 0 fully saturated rings. The lowest BCUT2D eigenvalue weighted by atomic mass is 10.1. The number of hydrogen-bond donors (Lipinski definition) is 3. The van der Waals surface area contributed by atoms with Crippen molar-refractivity contribution in [3.05, 3.63) is 29.7 Å². The van der Waals surface area contributed by atoms with Gasteiger partial charge < -0.3 is 20.5 Å². The zero-order valence-electron chi connectivity index (χ0n) is 9.92. The fraction of sp³-hybridized carbons (Fsp3) is 0.273. The van der Waals surface area contributed by atoms with E-state index in [0.29, 0.717) is 6.07 Å². The Labute approximate surface area is 110 Å². The van der Waals surface area contributed by atoms with Crippen molar-refractivity contribution in [3.63, 3.8) is 0 Å². The number of aromatic hydroxyl groups is 1. The largest absolute Gasteiger partial charge is 0.507 e. The second-order valence-corrected chi connectivity index (χ2v) is 3.94. The summed E-state index contributed by atoms with van der Waals surface area (Å²) >= 11 is 0. The van der Waals surface area contributed by atoms with Crippen LogP contribution in [-0.4, -0.2) is 26.9 Å². The lowest BCUT2D eigenvalue weighted by Crippen LogP contribution is -2.11. The molecule has 1 heterocycles. The summed E-state index contributed by atoms with van der Waals surface area (Å²) in [5.74, 6) is -1.23. The SMILES string of the molecule is NCC(O)c1nc(-c2ccc(O)c(C(F)(F)F)c2)no1. The molecule has 0 aliphatic carbocycles. The van der Waals surface area contributed by atoms with Crippen LogP contribution in [0.2, 0.25) is 0 Å². The van der Waals surface area contributed by atoms with Gasteiger partial charge in [0.25, 0.3) is 5.89 Å². The van der Waals surface area contributed by atoms with Crippen molar-refractivity contribution in [1.82, 2.24) is 10.1 Å². The number of aliphatic hydroxyl groups excluding tert-OH is 1. The number of phenolic OH excluding ortho intramolecular Hbond substituents is 1. The van der Waals surface area contributed by atoms with Gasteiger partial charge in [-0.25, -0.2) is 0 Å². The average Bonchev–Trinajstić information content (AvgIpc) is 2.86. The molecule has 0 saturated heterocycles. The van der Waals surface area contributed by atoms with E-state index in [1.807, 2.05) is 0 Å². The summed E-state index contributed by atoms with van der Waals surface area (Å²) < 4.78 is 42.6. The van der Waals surface area contributed by atoms with Gasteiger partial charge in [0.2, 0.25) is 5.82 Å². The van der Waals surface area contributed by atoms with Crippen LogP contribution in [0.4, 0.5) is 13.2 Å². The Morgan fingerprint density at radius 1 is 1.35 bits per heavy atom. The molecule has 0 aliphatic rings. The highest BCUT2D eigenvalue weighted by molar-refractivity contribution is 5.58. The Kier molecular flexibility index (Phi) is 3.64. The Balaban J connectivity index is 2.41. The highest BCUT2D eigenvalue weighted by Gasteiger charge is 2.34. The van der Waals surface area contributed by atoms with Crippen LogP contribution in [-0.2, 0) is 6.18 Å². The molecule has 1 aromatic heterocycles. The molecule has 1 atom stereocenters. The fourth-order valence-electron chi connectivity index (χ4n) is 1.49. The van der Waals surface area contributed by atoms with Crippen LogP contribution in [0.5, 0.6) is 5.75 Å². The maximum Gasteiger partial charge on any atom is 0.419 e. The lowest BCUT2D eigenvalue weighted by Gasteiger charge is -2.09. The Bertz CT molecular complexity index is 612. The van der Waals surface area contributed by atoms with Crippen molar-refractivity contribution < 1.29 is 27.9 Å². The number of aliphatic hydroxyl groups is 1. The molecule has 0 aliphatic heterocycles. The molecule has 0 bridgehead atoms. The van der Waals surface area contributed by atoms with Crippen LogP contribution >= 0.6 is 0 Å². The molecule has 1 aromatic carbocycles. The summed E-state index contributed by atoms with van der Waals surface area (Å²) in [5.41, 5.74) is 3.98. The fourth-order valence-corrected chi connectivity index (χ4v) is 1.49. The van der Waals surface area contributed by atoms with Crippen LogP contribution in [0.25, 0.3) is 11.4 Å². The third-order valence-corrected chi connectivity index (χ3v) is 2.51. The monoisotopic (exact) mass is 289 g/mol. The minimum Gasteiger partial charge on any atom is -0.507 e. The average molecular weight is 289 g/mol. The molecule has 1 unspecified atom stereocenters. The summed E-state index contributed by atoms with van der Waals surface area (Å²) in [6.45, 7) is -0.162. The van der Waals surface area contributed by atoms with Crippen LogP contribution in [0.3, 0.4) is 0 Å². The van der Waals surface area contributed by atoms with Crippen molar-refractivity contribution in [2.24, 2.45) is 5.73 Å². The molecule has 0 radical (unpaired) electrons. The van der Waals surface area contributed by atoms with E-state index >= 15 is 0 Å². The minimum atomic E-state index is -4.70. The first-order valence-corrected chi connectivity index (χ1v) is 5.45. The summed E-state index contributed by atoms with van der Waals surface area (Å²) in [7, 11) is 0. The van der Waals surface area contributed by atoms with Gasteiger partial charge in [-0.2, -0.15) is 18.2 Å². The molecule has 2 aromatic rings. The quantitative estimate of drug-likeness (QED) is 0.789. The zero-order chi connectivity index (χ0) is 14.9. The van der Waals surface area contributed by atoms with E-state index in [9.17, 15) is 23.4 Å². The van der Waals surface area contributed by atoms with Gasteiger partial charge in [-0.15, -0.1) is 0 Å². The topological polar surface area (TPSA) is 105 Å². The van der Waals surface area contributed by atoms with Gasteiger partial charge in [0.15, 0.2) is 0 Å². The van der Waals surface area contributed by atoms with Gasteiger partial charge in [-0.1, -0.05) is 5.16 Å². The van der Waals surface area contributed by atoms with E-state index in [1.54, 1.807) is 0 Å². The zero-order valence-corrected chi connectivity index (χ0v) is 9.92. The highest BCUT2D eigenvalue weighted by Crippen LogP contribution is 2.37. The van der Waals surface area contributed by atoms with Crippen molar-refractivity contribution in [1.29, 1.82) is 0 Å². The maximum atomic E-state index is 12.7. The second-order valence-electron chi connectivity index (χ2n) is 3.94. The molecule has 0 saturated carbocycles. The van der Waals surface area contributed by atoms with E-state index in [1.165, 1.54) is 6.07 Å². The summed E-state index contributed by atoms with van der Waals surface area (Å²) in [5, 5.41) is 22.0. The maximum absolute atomic E-state index is 12.7. The number of aromatic nitrogens is 2. The van der Waals surface area contributed by atoms with Crippen LogP contribution in [0.15, 0.2) is 22.7 Å². The number of alkyl halides is 3. The Hall–Kier alpha value is -2.13. The number of phenols is 1.